The smallest absolute Gasteiger partial charge is 0.297 e. The Balaban J connectivity index is 2.32. The van der Waals surface area contributed by atoms with Gasteiger partial charge in [0, 0.05) is 18.0 Å². The topological polar surface area (TPSA) is 71.7 Å². The number of pyridine rings is 1. The third kappa shape index (κ3) is 4.93. The summed E-state index contributed by atoms with van der Waals surface area (Å²) in [6.07, 6.45) is 8.34. The number of hydrogen-bond acceptors (Lipinski definition) is 4. The lowest BCUT2D eigenvalue weighted by atomic mass is 10.1. The molecule has 0 unspecified atom stereocenters. The first-order valence-electron chi connectivity index (χ1n) is 9.81. The first-order chi connectivity index (χ1) is 12.6. The number of ether oxygens (including phenoxy) is 1. The molecule has 5 nitrogen and oxygen atoms in total. The second-order valence-electron chi connectivity index (χ2n) is 6.81. The Kier molecular flexibility index (Phi) is 7.82. The minimum absolute atomic E-state index is 0.0961. The van der Waals surface area contributed by atoms with Gasteiger partial charge in [-0.25, -0.2) is 0 Å². The van der Waals surface area contributed by atoms with Gasteiger partial charge in [0.05, 0.1) is 12.1 Å². The van der Waals surface area contributed by atoms with Crippen LogP contribution in [-0.2, 0) is 6.54 Å². The fourth-order valence-electron chi connectivity index (χ4n) is 3.17. The molecule has 2 aromatic rings. The highest BCUT2D eigenvalue weighted by Crippen LogP contribution is 2.34. The van der Waals surface area contributed by atoms with Gasteiger partial charge in [0.2, 0.25) is 5.75 Å². The molecule has 1 aromatic heterocycles. The van der Waals surface area contributed by atoms with Crippen molar-refractivity contribution in [3.05, 3.63) is 28.6 Å². The molecule has 0 saturated carbocycles. The lowest BCUT2D eigenvalue weighted by Gasteiger charge is -2.16. The van der Waals surface area contributed by atoms with E-state index in [1.807, 2.05) is 0 Å². The molecule has 0 aliphatic carbocycles. The van der Waals surface area contributed by atoms with Crippen molar-refractivity contribution >= 4 is 10.9 Å². The molecule has 26 heavy (non-hydrogen) atoms. The van der Waals surface area contributed by atoms with Crippen molar-refractivity contribution < 1.29 is 14.9 Å². The Morgan fingerprint density at radius 3 is 2.35 bits per heavy atom. The van der Waals surface area contributed by atoms with Crippen LogP contribution in [0, 0.1) is 0 Å². The van der Waals surface area contributed by atoms with E-state index in [1.165, 1.54) is 0 Å². The Bertz CT molecular complexity index is 767. The van der Waals surface area contributed by atoms with Crippen LogP contribution in [0.4, 0.5) is 0 Å². The standard InChI is InChI=1S/C21H31NO4/c1-3-5-7-9-13-22-18-15-16(23)11-12-17(18)20(19(24)21(22)25)26-14-10-8-6-4-2/h11-12,15,23-24H,3-10,13-14H2,1-2H3. The minimum atomic E-state index is -0.455. The van der Waals surface area contributed by atoms with Crippen LogP contribution in [0.1, 0.15) is 65.2 Å². The molecular formula is C21H31NO4. The molecule has 0 spiro atoms. The van der Waals surface area contributed by atoms with E-state index in [0.717, 1.165) is 51.4 Å². The molecule has 2 rings (SSSR count). The summed E-state index contributed by atoms with van der Waals surface area (Å²) in [7, 11) is 0. The van der Waals surface area contributed by atoms with Gasteiger partial charge in [-0.3, -0.25) is 4.79 Å². The summed E-state index contributed by atoms with van der Waals surface area (Å²) >= 11 is 0. The van der Waals surface area contributed by atoms with Crippen molar-refractivity contribution in [2.24, 2.45) is 0 Å². The molecule has 144 valence electrons. The monoisotopic (exact) mass is 361 g/mol. The zero-order valence-electron chi connectivity index (χ0n) is 16.0. The van der Waals surface area contributed by atoms with E-state index in [2.05, 4.69) is 13.8 Å². The van der Waals surface area contributed by atoms with Crippen LogP contribution >= 0.6 is 0 Å². The van der Waals surface area contributed by atoms with E-state index in [-0.39, 0.29) is 17.2 Å². The lowest BCUT2D eigenvalue weighted by Crippen LogP contribution is -2.21. The SMILES string of the molecule is CCCCCCOc1c(O)c(=O)n(CCCCCC)c2cc(O)ccc12. The molecule has 1 aromatic carbocycles. The summed E-state index contributed by atoms with van der Waals surface area (Å²) in [4.78, 5) is 12.7. The first-order valence-corrected chi connectivity index (χ1v) is 9.81. The number of aryl methyl sites for hydroxylation is 1. The highest BCUT2D eigenvalue weighted by atomic mass is 16.5. The van der Waals surface area contributed by atoms with E-state index in [9.17, 15) is 15.0 Å². The van der Waals surface area contributed by atoms with Crippen molar-refractivity contribution in [2.75, 3.05) is 6.61 Å². The Morgan fingerprint density at radius 1 is 0.962 bits per heavy atom. The van der Waals surface area contributed by atoms with Gasteiger partial charge in [-0.1, -0.05) is 52.4 Å². The van der Waals surface area contributed by atoms with Gasteiger partial charge >= 0.3 is 0 Å². The number of nitrogens with zero attached hydrogens (tertiary/aromatic N) is 1. The number of aromatic hydroxyl groups is 2. The lowest BCUT2D eigenvalue weighted by molar-refractivity contribution is 0.290. The average Bonchev–Trinajstić information content (AvgIpc) is 2.63. The normalized spacial score (nSPS) is 11.2. The van der Waals surface area contributed by atoms with Crippen LogP contribution < -0.4 is 10.3 Å². The molecule has 0 saturated heterocycles. The van der Waals surface area contributed by atoms with Crippen LogP contribution in [0.15, 0.2) is 23.0 Å². The highest BCUT2D eigenvalue weighted by molar-refractivity contribution is 5.88. The molecule has 0 fully saturated rings. The number of aromatic nitrogens is 1. The van der Waals surface area contributed by atoms with Crippen molar-refractivity contribution in [1.29, 1.82) is 0 Å². The van der Waals surface area contributed by atoms with Crippen LogP contribution in [0.2, 0.25) is 0 Å². The number of unbranched alkanes of at least 4 members (excludes halogenated alkanes) is 6. The number of fused-ring (bicyclic) bond motifs is 1. The average molecular weight is 361 g/mol. The number of benzene rings is 1. The first kappa shape index (κ1) is 20.1. The van der Waals surface area contributed by atoms with Crippen molar-refractivity contribution in [3.8, 4) is 17.2 Å². The summed E-state index contributed by atoms with van der Waals surface area (Å²) < 4.78 is 7.32. The van der Waals surface area contributed by atoms with E-state index < -0.39 is 5.56 Å². The van der Waals surface area contributed by atoms with Crippen molar-refractivity contribution in [2.45, 2.75) is 71.8 Å². The maximum absolute atomic E-state index is 12.7. The Hall–Kier alpha value is -2.17. The van der Waals surface area contributed by atoms with Gasteiger partial charge in [-0.05, 0) is 25.0 Å². The molecular weight excluding hydrogens is 330 g/mol. The van der Waals surface area contributed by atoms with E-state index in [0.29, 0.717) is 24.1 Å². The fourth-order valence-corrected chi connectivity index (χ4v) is 3.17. The predicted octanol–water partition coefficient (Wildman–Crippen LogP) is 4.95. The molecule has 0 bridgehead atoms. The Morgan fingerprint density at radius 2 is 1.65 bits per heavy atom. The van der Waals surface area contributed by atoms with Crippen molar-refractivity contribution in [1.82, 2.24) is 4.57 Å². The quantitative estimate of drug-likeness (QED) is 0.555. The van der Waals surface area contributed by atoms with Gasteiger partial charge < -0.3 is 19.5 Å². The zero-order chi connectivity index (χ0) is 18.9. The van der Waals surface area contributed by atoms with Crippen molar-refractivity contribution in [3.63, 3.8) is 0 Å². The van der Waals surface area contributed by atoms with Gasteiger partial charge in [0.15, 0.2) is 5.75 Å². The van der Waals surface area contributed by atoms with Gasteiger partial charge in [0.25, 0.3) is 5.56 Å². The van der Waals surface area contributed by atoms with Crippen LogP contribution in [0.5, 0.6) is 17.2 Å². The predicted molar refractivity (Wildman–Crippen MR) is 105 cm³/mol. The second kappa shape index (κ2) is 10.1. The molecule has 0 aliphatic rings. The fraction of sp³-hybridized carbons (Fsp3) is 0.571. The molecule has 1 heterocycles. The number of phenolic OH excluding ortho intramolecular Hbond substituents is 1. The molecule has 0 radical (unpaired) electrons. The van der Waals surface area contributed by atoms with Gasteiger partial charge in [0.1, 0.15) is 5.75 Å². The van der Waals surface area contributed by atoms with Gasteiger partial charge in [-0.2, -0.15) is 0 Å². The number of phenols is 1. The third-order valence-electron chi connectivity index (χ3n) is 4.66. The zero-order valence-corrected chi connectivity index (χ0v) is 16.0. The molecule has 0 aliphatic heterocycles. The summed E-state index contributed by atoms with van der Waals surface area (Å²) in [6.45, 7) is 5.26. The summed E-state index contributed by atoms with van der Waals surface area (Å²) in [5.74, 6) is -0.0146. The van der Waals surface area contributed by atoms with E-state index >= 15 is 0 Å². The van der Waals surface area contributed by atoms with E-state index in [1.54, 1.807) is 22.8 Å². The molecule has 2 N–H and O–H groups in total. The molecule has 0 amide bonds. The van der Waals surface area contributed by atoms with Gasteiger partial charge in [-0.15, -0.1) is 0 Å². The summed E-state index contributed by atoms with van der Waals surface area (Å²) in [5.41, 5.74) is 0.149. The van der Waals surface area contributed by atoms with Crippen LogP contribution in [-0.4, -0.2) is 21.4 Å². The third-order valence-corrected chi connectivity index (χ3v) is 4.66. The minimum Gasteiger partial charge on any atom is -0.508 e. The van der Waals surface area contributed by atoms with Crippen LogP contribution in [0.25, 0.3) is 10.9 Å². The van der Waals surface area contributed by atoms with E-state index in [4.69, 9.17) is 4.74 Å². The van der Waals surface area contributed by atoms with Crippen LogP contribution in [0.3, 0.4) is 0 Å². The summed E-state index contributed by atoms with van der Waals surface area (Å²) in [6, 6.07) is 4.82. The maximum atomic E-state index is 12.7. The second-order valence-corrected chi connectivity index (χ2v) is 6.81. The molecule has 5 heteroatoms. The summed E-state index contributed by atoms with van der Waals surface area (Å²) in [5, 5.41) is 21.0. The number of rotatable bonds is 11. The highest BCUT2D eigenvalue weighted by Gasteiger charge is 2.17. The number of hydrogen-bond donors (Lipinski definition) is 2. The maximum Gasteiger partial charge on any atom is 0.297 e. The molecule has 0 atom stereocenters. The largest absolute Gasteiger partial charge is 0.508 e. The Labute approximate surface area is 155 Å².